The summed E-state index contributed by atoms with van der Waals surface area (Å²) in [6, 6.07) is 2.28. The molecule has 0 bridgehead atoms. The fraction of sp³-hybridized carbons (Fsp3) is 0.727. The summed E-state index contributed by atoms with van der Waals surface area (Å²) >= 11 is 0. The number of aryl methyl sites for hydroxylation is 2. The molecule has 80 valence electrons. The van der Waals surface area contributed by atoms with Crippen molar-refractivity contribution in [2.45, 2.75) is 40.2 Å². The first-order chi connectivity index (χ1) is 6.30. The van der Waals surface area contributed by atoms with Gasteiger partial charge < -0.3 is 5.73 Å². The van der Waals surface area contributed by atoms with Crippen LogP contribution in [0.5, 0.6) is 0 Å². The second kappa shape index (κ2) is 3.73. The second-order valence-electron chi connectivity index (χ2n) is 5.08. The molecule has 0 aliphatic rings. The summed E-state index contributed by atoms with van der Waals surface area (Å²) < 4.78 is 1.92. The van der Waals surface area contributed by atoms with E-state index in [1.165, 1.54) is 5.69 Å². The highest BCUT2D eigenvalue weighted by molar-refractivity contribution is 5.10. The molecule has 1 heterocycles. The van der Waals surface area contributed by atoms with Gasteiger partial charge in [0.05, 0.1) is 5.69 Å². The van der Waals surface area contributed by atoms with E-state index < -0.39 is 0 Å². The minimum absolute atomic E-state index is 0.151. The Balaban J connectivity index is 2.74. The Kier molecular flexibility index (Phi) is 3.00. The van der Waals surface area contributed by atoms with E-state index >= 15 is 0 Å². The molecule has 1 rings (SSSR count). The van der Waals surface area contributed by atoms with Crippen molar-refractivity contribution in [2.75, 3.05) is 0 Å². The van der Waals surface area contributed by atoms with Crippen LogP contribution in [0.2, 0.25) is 0 Å². The van der Waals surface area contributed by atoms with E-state index in [9.17, 15) is 0 Å². The van der Waals surface area contributed by atoms with Crippen molar-refractivity contribution >= 4 is 0 Å². The van der Waals surface area contributed by atoms with E-state index in [1.54, 1.807) is 0 Å². The van der Waals surface area contributed by atoms with Crippen LogP contribution in [0.25, 0.3) is 0 Å². The minimum Gasteiger partial charge on any atom is -0.327 e. The fourth-order valence-corrected chi connectivity index (χ4v) is 1.39. The van der Waals surface area contributed by atoms with Crippen molar-refractivity contribution in [2.24, 2.45) is 18.2 Å². The lowest BCUT2D eigenvalue weighted by atomic mass is 9.85. The highest BCUT2D eigenvalue weighted by Crippen LogP contribution is 2.20. The van der Waals surface area contributed by atoms with Crippen molar-refractivity contribution in [1.29, 1.82) is 0 Å². The van der Waals surface area contributed by atoms with Gasteiger partial charge >= 0.3 is 0 Å². The van der Waals surface area contributed by atoms with E-state index in [0.717, 1.165) is 12.1 Å². The summed E-state index contributed by atoms with van der Waals surface area (Å²) in [6.45, 7) is 8.51. The normalized spacial score (nSPS) is 14.4. The number of hydrogen-bond acceptors (Lipinski definition) is 2. The molecule has 14 heavy (non-hydrogen) atoms. The highest BCUT2D eigenvalue weighted by atomic mass is 15.3. The first kappa shape index (κ1) is 11.2. The maximum absolute atomic E-state index is 6.12. The van der Waals surface area contributed by atoms with Crippen molar-refractivity contribution in [3.05, 3.63) is 17.5 Å². The largest absolute Gasteiger partial charge is 0.327 e. The van der Waals surface area contributed by atoms with Gasteiger partial charge in [-0.2, -0.15) is 5.10 Å². The van der Waals surface area contributed by atoms with E-state index in [1.807, 2.05) is 18.7 Å². The average Bonchev–Trinajstić information content (AvgIpc) is 2.28. The van der Waals surface area contributed by atoms with Crippen LogP contribution >= 0.6 is 0 Å². The standard InChI is InChI=1S/C11H21N3/c1-8-6-9(14(5)13-8)7-10(12)11(2,3)4/h6,10H,7,12H2,1-5H3. The van der Waals surface area contributed by atoms with Crippen molar-refractivity contribution in [3.8, 4) is 0 Å². The topological polar surface area (TPSA) is 43.8 Å². The molecule has 3 nitrogen and oxygen atoms in total. The van der Waals surface area contributed by atoms with Crippen molar-refractivity contribution in [1.82, 2.24) is 9.78 Å². The predicted molar refractivity (Wildman–Crippen MR) is 59.1 cm³/mol. The van der Waals surface area contributed by atoms with Crippen LogP contribution in [-0.2, 0) is 13.5 Å². The van der Waals surface area contributed by atoms with Crippen LogP contribution in [0.4, 0.5) is 0 Å². The number of rotatable bonds is 2. The summed E-state index contributed by atoms with van der Waals surface area (Å²) in [7, 11) is 1.97. The first-order valence-corrected chi connectivity index (χ1v) is 5.06. The Morgan fingerprint density at radius 1 is 1.50 bits per heavy atom. The van der Waals surface area contributed by atoms with E-state index in [2.05, 4.69) is 31.9 Å². The summed E-state index contributed by atoms with van der Waals surface area (Å²) in [6.07, 6.45) is 0.890. The molecule has 0 fully saturated rings. The van der Waals surface area contributed by atoms with Gasteiger partial charge in [0.25, 0.3) is 0 Å². The van der Waals surface area contributed by atoms with Crippen LogP contribution < -0.4 is 5.73 Å². The van der Waals surface area contributed by atoms with E-state index in [0.29, 0.717) is 0 Å². The smallest absolute Gasteiger partial charge is 0.0596 e. The molecular formula is C11H21N3. The molecule has 0 aromatic carbocycles. The number of hydrogen-bond donors (Lipinski definition) is 1. The van der Waals surface area contributed by atoms with Crippen molar-refractivity contribution in [3.63, 3.8) is 0 Å². The van der Waals surface area contributed by atoms with Gasteiger partial charge in [-0.3, -0.25) is 4.68 Å². The molecule has 0 radical (unpaired) electrons. The second-order valence-corrected chi connectivity index (χ2v) is 5.08. The number of nitrogens with two attached hydrogens (primary N) is 1. The molecule has 0 spiro atoms. The van der Waals surface area contributed by atoms with Crippen LogP contribution in [0.15, 0.2) is 6.07 Å². The first-order valence-electron chi connectivity index (χ1n) is 5.06. The summed E-state index contributed by atoms with van der Waals surface area (Å²) in [5.41, 5.74) is 8.54. The lowest BCUT2D eigenvalue weighted by molar-refractivity contribution is 0.314. The molecule has 0 saturated carbocycles. The Morgan fingerprint density at radius 2 is 2.07 bits per heavy atom. The zero-order chi connectivity index (χ0) is 10.9. The van der Waals surface area contributed by atoms with Gasteiger partial charge in [0.15, 0.2) is 0 Å². The third-order valence-electron chi connectivity index (χ3n) is 2.64. The number of nitrogens with zero attached hydrogens (tertiary/aromatic N) is 2. The minimum atomic E-state index is 0.151. The van der Waals surface area contributed by atoms with Gasteiger partial charge in [-0.15, -0.1) is 0 Å². The van der Waals surface area contributed by atoms with Crippen LogP contribution in [0.1, 0.15) is 32.2 Å². The van der Waals surface area contributed by atoms with E-state index in [-0.39, 0.29) is 11.5 Å². The summed E-state index contributed by atoms with van der Waals surface area (Å²) in [5, 5.41) is 4.31. The van der Waals surface area contributed by atoms with Gasteiger partial charge in [0, 0.05) is 25.2 Å². The molecule has 1 aromatic rings. The lowest BCUT2D eigenvalue weighted by Crippen LogP contribution is -2.37. The Hall–Kier alpha value is -0.830. The SMILES string of the molecule is Cc1cc(CC(N)C(C)(C)C)n(C)n1. The lowest BCUT2D eigenvalue weighted by Gasteiger charge is -2.26. The molecule has 0 aliphatic carbocycles. The van der Waals surface area contributed by atoms with E-state index in [4.69, 9.17) is 5.73 Å². The van der Waals surface area contributed by atoms with Crippen LogP contribution in [0.3, 0.4) is 0 Å². The molecule has 0 amide bonds. The Labute approximate surface area is 86.3 Å². The molecule has 2 N–H and O–H groups in total. The zero-order valence-electron chi connectivity index (χ0n) is 9.83. The highest BCUT2D eigenvalue weighted by Gasteiger charge is 2.21. The maximum Gasteiger partial charge on any atom is 0.0596 e. The molecule has 0 aliphatic heterocycles. The average molecular weight is 195 g/mol. The molecule has 1 aromatic heterocycles. The quantitative estimate of drug-likeness (QED) is 0.779. The fourth-order valence-electron chi connectivity index (χ4n) is 1.39. The molecule has 1 unspecified atom stereocenters. The van der Waals surface area contributed by atoms with Gasteiger partial charge in [-0.25, -0.2) is 0 Å². The maximum atomic E-state index is 6.12. The third-order valence-corrected chi connectivity index (χ3v) is 2.64. The van der Waals surface area contributed by atoms with Gasteiger partial charge in [0.2, 0.25) is 0 Å². The van der Waals surface area contributed by atoms with Gasteiger partial charge in [0.1, 0.15) is 0 Å². The molecule has 3 heteroatoms. The van der Waals surface area contributed by atoms with Gasteiger partial charge in [-0.05, 0) is 18.4 Å². The third kappa shape index (κ3) is 2.58. The Morgan fingerprint density at radius 3 is 2.43 bits per heavy atom. The Bertz CT molecular complexity index is 307. The van der Waals surface area contributed by atoms with Crippen LogP contribution in [0, 0.1) is 12.3 Å². The monoisotopic (exact) mass is 195 g/mol. The van der Waals surface area contributed by atoms with Gasteiger partial charge in [-0.1, -0.05) is 20.8 Å². The van der Waals surface area contributed by atoms with Crippen LogP contribution in [-0.4, -0.2) is 15.8 Å². The summed E-state index contributed by atoms with van der Waals surface area (Å²) in [5.74, 6) is 0. The summed E-state index contributed by atoms with van der Waals surface area (Å²) in [4.78, 5) is 0. The number of aromatic nitrogens is 2. The molecular weight excluding hydrogens is 174 g/mol. The molecule has 0 saturated heterocycles. The predicted octanol–water partition coefficient (Wildman–Crippen LogP) is 1.64. The van der Waals surface area contributed by atoms with Crippen molar-refractivity contribution < 1.29 is 0 Å². The zero-order valence-corrected chi connectivity index (χ0v) is 9.83. The molecule has 1 atom stereocenters.